The molecule has 1 aliphatic rings. The van der Waals surface area contributed by atoms with Crippen LogP contribution in [-0.4, -0.2) is 36.1 Å². The van der Waals surface area contributed by atoms with Crippen LogP contribution < -0.4 is 0 Å². The second-order valence-corrected chi connectivity index (χ2v) is 3.42. The fourth-order valence-corrected chi connectivity index (χ4v) is 1.22. The SMILES string of the molecule is CCN(C)CC1(C(=O)O)CC1. The number of carbonyl (C=O) groups is 1. The van der Waals surface area contributed by atoms with E-state index in [2.05, 4.69) is 4.90 Å². The lowest BCUT2D eigenvalue weighted by atomic mass is 10.1. The summed E-state index contributed by atoms with van der Waals surface area (Å²) >= 11 is 0. The molecule has 1 fully saturated rings. The van der Waals surface area contributed by atoms with E-state index in [0.717, 1.165) is 19.4 Å². The van der Waals surface area contributed by atoms with Gasteiger partial charge < -0.3 is 10.0 Å². The molecule has 0 bridgehead atoms. The number of aliphatic carboxylic acids is 1. The summed E-state index contributed by atoms with van der Waals surface area (Å²) in [5.41, 5.74) is -0.384. The third-order valence-electron chi connectivity index (χ3n) is 2.42. The summed E-state index contributed by atoms with van der Waals surface area (Å²) in [6, 6.07) is 0. The van der Waals surface area contributed by atoms with Crippen LogP contribution >= 0.6 is 0 Å². The highest BCUT2D eigenvalue weighted by atomic mass is 16.4. The molecule has 11 heavy (non-hydrogen) atoms. The number of hydrogen-bond donors (Lipinski definition) is 1. The first kappa shape index (κ1) is 8.53. The van der Waals surface area contributed by atoms with Gasteiger partial charge in [-0.3, -0.25) is 4.79 Å². The molecule has 0 spiro atoms. The Bertz CT molecular complexity index is 163. The van der Waals surface area contributed by atoms with E-state index in [1.54, 1.807) is 0 Å². The molecule has 1 rings (SSSR count). The van der Waals surface area contributed by atoms with E-state index in [1.165, 1.54) is 0 Å². The molecule has 1 aliphatic carbocycles. The highest BCUT2D eigenvalue weighted by molar-refractivity contribution is 5.78. The zero-order chi connectivity index (χ0) is 8.48. The quantitative estimate of drug-likeness (QED) is 0.656. The van der Waals surface area contributed by atoms with Crippen LogP contribution in [0.25, 0.3) is 0 Å². The Balaban J connectivity index is 2.41. The first-order valence-electron chi connectivity index (χ1n) is 4.03. The number of carboxylic acids is 1. The number of nitrogens with zero attached hydrogens (tertiary/aromatic N) is 1. The van der Waals surface area contributed by atoms with Crippen LogP contribution in [-0.2, 0) is 4.79 Å². The Labute approximate surface area is 67.0 Å². The Morgan fingerprint density at radius 1 is 1.64 bits per heavy atom. The summed E-state index contributed by atoms with van der Waals surface area (Å²) in [6.45, 7) is 3.67. The van der Waals surface area contributed by atoms with E-state index < -0.39 is 5.97 Å². The molecule has 3 nitrogen and oxygen atoms in total. The van der Waals surface area contributed by atoms with Gasteiger partial charge in [-0.1, -0.05) is 6.92 Å². The third kappa shape index (κ3) is 1.71. The summed E-state index contributed by atoms with van der Waals surface area (Å²) < 4.78 is 0. The molecule has 64 valence electrons. The van der Waals surface area contributed by atoms with Gasteiger partial charge in [-0.05, 0) is 26.4 Å². The van der Waals surface area contributed by atoms with E-state index in [1.807, 2.05) is 14.0 Å². The van der Waals surface area contributed by atoms with Crippen molar-refractivity contribution in [1.82, 2.24) is 4.90 Å². The largest absolute Gasteiger partial charge is 0.481 e. The molecule has 0 atom stereocenters. The van der Waals surface area contributed by atoms with Crippen molar-refractivity contribution in [3.05, 3.63) is 0 Å². The zero-order valence-electron chi connectivity index (χ0n) is 7.13. The topological polar surface area (TPSA) is 40.5 Å². The van der Waals surface area contributed by atoms with Crippen LogP contribution in [0, 0.1) is 5.41 Å². The van der Waals surface area contributed by atoms with Crippen molar-refractivity contribution in [3.63, 3.8) is 0 Å². The molecule has 3 heteroatoms. The maximum atomic E-state index is 10.7. The first-order valence-corrected chi connectivity index (χ1v) is 4.03. The molecule has 1 N–H and O–H groups in total. The normalized spacial score (nSPS) is 20.3. The lowest BCUT2D eigenvalue weighted by Crippen LogP contribution is -2.31. The fraction of sp³-hybridized carbons (Fsp3) is 0.875. The molecule has 1 saturated carbocycles. The Morgan fingerprint density at radius 2 is 2.18 bits per heavy atom. The molecule has 0 aromatic carbocycles. The predicted octanol–water partition coefficient (Wildman–Crippen LogP) is 0.803. The second kappa shape index (κ2) is 2.81. The van der Waals surface area contributed by atoms with Crippen molar-refractivity contribution in [1.29, 1.82) is 0 Å². The van der Waals surface area contributed by atoms with E-state index in [9.17, 15) is 4.79 Å². The van der Waals surface area contributed by atoms with Crippen LogP contribution in [0.5, 0.6) is 0 Å². The van der Waals surface area contributed by atoms with Gasteiger partial charge >= 0.3 is 5.97 Å². The van der Waals surface area contributed by atoms with Gasteiger partial charge in [0.15, 0.2) is 0 Å². The number of carboxylic acid groups (broad SMARTS) is 1. The van der Waals surface area contributed by atoms with Crippen LogP contribution in [0.1, 0.15) is 19.8 Å². The third-order valence-corrected chi connectivity index (χ3v) is 2.42. The van der Waals surface area contributed by atoms with Gasteiger partial charge in [0.05, 0.1) is 5.41 Å². The predicted molar refractivity (Wildman–Crippen MR) is 42.5 cm³/mol. The molecule has 0 heterocycles. The molecular weight excluding hydrogens is 142 g/mol. The van der Waals surface area contributed by atoms with Crippen LogP contribution in [0.4, 0.5) is 0 Å². The lowest BCUT2D eigenvalue weighted by molar-refractivity contribution is -0.144. The minimum Gasteiger partial charge on any atom is -0.481 e. The minimum atomic E-state index is -0.627. The van der Waals surface area contributed by atoms with Gasteiger partial charge in [0, 0.05) is 6.54 Å². The van der Waals surface area contributed by atoms with Crippen molar-refractivity contribution >= 4 is 5.97 Å². The lowest BCUT2D eigenvalue weighted by Gasteiger charge is -2.18. The van der Waals surface area contributed by atoms with Gasteiger partial charge in [0.25, 0.3) is 0 Å². The minimum absolute atomic E-state index is 0.384. The second-order valence-electron chi connectivity index (χ2n) is 3.42. The molecule has 0 saturated heterocycles. The molecular formula is C8H15NO2. The highest BCUT2D eigenvalue weighted by Crippen LogP contribution is 2.46. The Kier molecular flexibility index (Phi) is 2.18. The molecule has 0 radical (unpaired) electrons. The van der Waals surface area contributed by atoms with E-state index in [0.29, 0.717) is 6.54 Å². The maximum Gasteiger partial charge on any atom is 0.310 e. The van der Waals surface area contributed by atoms with Gasteiger partial charge in [-0.2, -0.15) is 0 Å². The van der Waals surface area contributed by atoms with Gasteiger partial charge in [-0.25, -0.2) is 0 Å². The van der Waals surface area contributed by atoms with Crippen molar-refractivity contribution in [2.45, 2.75) is 19.8 Å². The monoisotopic (exact) mass is 157 g/mol. The summed E-state index contributed by atoms with van der Waals surface area (Å²) in [4.78, 5) is 12.8. The van der Waals surface area contributed by atoms with E-state index in [-0.39, 0.29) is 5.41 Å². The van der Waals surface area contributed by atoms with Crippen molar-refractivity contribution in [3.8, 4) is 0 Å². The fourth-order valence-electron chi connectivity index (χ4n) is 1.22. The van der Waals surface area contributed by atoms with Crippen LogP contribution in [0.2, 0.25) is 0 Å². The summed E-state index contributed by atoms with van der Waals surface area (Å²) in [7, 11) is 1.96. The summed E-state index contributed by atoms with van der Waals surface area (Å²) in [5, 5.41) is 8.82. The average molecular weight is 157 g/mol. The van der Waals surface area contributed by atoms with Gasteiger partial charge in [0.2, 0.25) is 0 Å². The van der Waals surface area contributed by atoms with Crippen molar-refractivity contribution in [2.24, 2.45) is 5.41 Å². The van der Waals surface area contributed by atoms with Crippen molar-refractivity contribution < 1.29 is 9.90 Å². The van der Waals surface area contributed by atoms with Gasteiger partial charge in [0.1, 0.15) is 0 Å². The Hall–Kier alpha value is -0.570. The van der Waals surface area contributed by atoms with E-state index in [4.69, 9.17) is 5.11 Å². The summed E-state index contributed by atoms with van der Waals surface area (Å²) in [5.74, 6) is -0.627. The number of rotatable bonds is 4. The van der Waals surface area contributed by atoms with Crippen molar-refractivity contribution in [2.75, 3.05) is 20.1 Å². The number of hydrogen-bond acceptors (Lipinski definition) is 2. The summed E-state index contributed by atoms with van der Waals surface area (Å²) in [6.07, 6.45) is 1.71. The Morgan fingerprint density at radius 3 is 2.45 bits per heavy atom. The van der Waals surface area contributed by atoms with Crippen LogP contribution in [0.3, 0.4) is 0 Å². The molecule has 0 aromatic heterocycles. The maximum absolute atomic E-state index is 10.7. The zero-order valence-corrected chi connectivity index (χ0v) is 7.13. The molecule has 0 aromatic rings. The van der Waals surface area contributed by atoms with Gasteiger partial charge in [-0.15, -0.1) is 0 Å². The standard InChI is InChI=1S/C8H15NO2/c1-3-9(2)6-8(4-5-8)7(10)11/h3-6H2,1-2H3,(H,10,11). The van der Waals surface area contributed by atoms with E-state index >= 15 is 0 Å². The molecule has 0 aliphatic heterocycles. The first-order chi connectivity index (χ1) is 5.10. The smallest absolute Gasteiger partial charge is 0.310 e. The molecule has 0 amide bonds. The average Bonchev–Trinajstić information content (AvgIpc) is 2.69. The molecule has 0 unspecified atom stereocenters. The van der Waals surface area contributed by atoms with Crippen LogP contribution in [0.15, 0.2) is 0 Å². The highest BCUT2D eigenvalue weighted by Gasteiger charge is 2.50.